The summed E-state index contributed by atoms with van der Waals surface area (Å²) in [6.07, 6.45) is 15.0. The highest BCUT2D eigenvalue weighted by Gasteiger charge is 2.39. The summed E-state index contributed by atoms with van der Waals surface area (Å²) in [7, 11) is 0. The molecule has 0 saturated heterocycles. The van der Waals surface area contributed by atoms with E-state index in [1.165, 1.54) is 0 Å². The summed E-state index contributed by atoms with van der Waals surface area (Å²) in [6, 6.07) is 0. The fraction of sp³-hybridized carbons (Fsp3) is 0.773. The Hall–Kier alpha value is -1.17. The van der Waals surface area contributed by atoms with E-state index in [0.717, 1.165) is 44.9 Å². The Kier molecular flexibility index (Phi) is 12.3. The number of unbranched alkanes of at least 4 members (excludes halogenated alkanes) is 5. The molecule has 1 aliphatic carbocycles. The molecule has 0 heterocycles. The topological polar surface area (TPSA) is 98.0 Å². The van der Waals surface area contributed by atoms with Gasteiger partial charge >= 0.3 is 5.97 Å². The first-order valence-corrected chi connectivity index (χ1v) is 10.5. The molecular weight excluding hydrogens is 344 g/mol. The molecule has 1 aliphatic rings. The van der Waals surface area contributed by atoms with E-state index in [1.54, 1.807) is 6.08 Å². The summed E-state index contributed by atoms with van der Waals surface area (Å²) in [5, 5.41) is 39.1. The van der Waals surface area contributed by atoms with E-state index in [0.29, 0.717) is 19.3 Å². The van der Waals surface area contributed by atoms with E-state index in [-0.39, 0.29) is 18.3 Å². The summed E-state index contributed by atoms with van der Waals surface area (Å²) in [4.78, 5) is 10.5. The van der Waals surface area contributed by atoms with Crippen LogP contribution < -0.4 is 0 Å². The Labute approximate surface area is 163 Å². The molecule has 1 fully saturated rings. The van der Waals surface area contributed by atoms with Crippen LogP contribution in [0.2, 0.25) is 0 Å². The number of rotatable bonds is 14. The zero-order valence-electron chi connectivity index (χ0n) is 16.7. The molecule has 5 atom stereocenters. The van der Waals surface area contributed by atoms with Crippen molar-refractivity contribution >= 4 is 5.97 Å². The molecule has 156 valence electrons. The number of carboxylic acid groups (broad SMARTS) is 1. The third-order valence-electron chi connectivity index (χ3n) is 5.41. The number of carbonyl (C=O) groups is 1. The lowest BCUT2D eigenvalue weighted by atomic mass is 9.89. The number of aliphatic hydroxyl groups excluding tert-OH is 3. The van der Waals surface area contributed by atoms with Crippen LogP contribution >= 0.6 is 0 Å². The van der Waals surface area contributed by atoms with Crippen LogP contribution in [0.5, 0.6) is 0 Å². The minimum absolute atomic E-state index is 0.0256. The Morgan fingerprint density at radius 2 is 1.85 bits per heavy atom. The molecule has 0 aromatic carbocycles. The summed E-state index contributed by atoms with van der Waals surface area (Å²) in [5.74, 6) is -0.891. The fourth-order valence-corrected chi connectivity index (χ4v) is 3.75. The average molecular weight is 383 g/mol. The van der Waals surface area contributed by atoms with E-state index in [2.05, 4.69) is 19.1 Å². The molecular formula is C22H38O5. The lowest BCUT2D eigenvalue weighted by molar-refractivity contribution is -0.137. The number of hydrogen-bond acceptors (Lipinski definition) is 4. The third kappa shape index (κ3) is 10.1. The Morgan fingerprint density at radius 3 is 2.56 bits per heavy atom. The number of aliphatic carboxylic acids is 1. The molecule has 27 heavy (non-hydrogen) atoms. The standard InChI is InChI=1S/C22H38O5/c1-2-3-8-11-17(23)14-15-19-18(20(24)16-21(19)25)12-9-6-4-5-7-10-13-22(26)27/h6,9,14-15,17-21,23-25H,2-5,7-8,10-13,16H2,1H3,(H,26,27)/b9-6-,15-14+/t17-,18-,19-,20-,21+/m1/s1. The summed E-state index contributed by atoms with van der Waals surface area (Å²) in [5.41, 5.74) is 0. The zero-order valence-corrected chi connectivity index (χ0v) is 16.7. The van der Waals surface area contributed by atoms with Gasteiger partial charge in [0, 0.05) is 18.8 Å². The van der Waals surface area contributed by atoms with E-state index in [9.17, 15) is 20.1 Å². The maximum atomic E-state index is 10.5. The van der Waals surface area contributed by atoms with E-state index in [1.807, 2.05) is 6.08 Å². The monoisotopic (exact) mass is 382 g/mol. The Balaban J connectivity index is 2.37. The minimum Gasteiger partial charge on any atom is -0.481 e. The minimum atomic E-state index is -0.742. The molecule has 0 amide bonds. The molecule has 1 saturated carbocycles. The second-order valence-electron chi connectivity index (χ2n) is 7.76. The van der Waals surface area contributed by atoms with Gasteiger partial charge in [-0.05, 0) is 38.0 Å². The van der Waals surface area contributed by atoms with Gasteiger partial charge in [-0.1, -0.05) is 56.9 Å². The van der Waals surface area contributed by atoms with Crippen molar-refractivity contribution in [3.05, 3.63) is 24.3 Å². The second kappa shape index (κ2) is 13.9. The first kappa shape index (κ1) is 23.9. The normalized spacial score (nSPS) is 27.0. The highest BCUT2D eigenvalue weighted by molar-refractivity contribution is 5.66. The van der Waals surface area contributed by atoms with Crippen LogP contribution in [-0.2, 0) is 4.79 Å². The van der Waals surface area contributed by atoms with E-state index < -0.39 is 24.3 Å². The first-order chi connectivity index (χ1) is 13.0. The molecule has 5 heteroatoms. The van der Waals surface area contributed by atoms with Crippen molar-refractivity contribution in [1.82, 2.24) is 0 Å². The Morgan fingerprint density at radius 1 is 1.07 bits per heavy atom. The number of hydrogen-bond donors (Lipinski definition) is 4. The molecule has 4 N–H and O–H groups in total. The Bertz CT molecular complexity index is 460. The molecule has 0 bridgehead atoms. The molecule has 0 aromatic rings. The highest BCUT2D eigenvalue weighted by atomic mass is 16.4. The fourth-order valence-electron chi connectivity index (χ4n) is 3.75. The van der Waals surface area contributed by atoms with Crippen molar-refractivity contribution in [1.29, 1.82) is 0 Å². The third-order valence-corrected chi connectivity index (χ3v) is 5.41. The van der Waals surface area contributed by atoms with Crippen molar-refractivity contribution in [2.75, 3.05) is 0 Å². The van der Waals surface area contributed by atoms with Crippen molar-refractivity contribution in [3.8, 4) is 0 Å². The lowest BCUT2D eigenvalue weighted by Crippen LogP contribution is -2.20. The maximum Gasteiger partial charge on any atom is 0.303 e. The molecule has 5 nitrogen and oxygen atoms in total. The van der Waals surface area contributed by atoms with Crippen LogP contribution in [0.4, 0.5) is 0 Å². The molecule has 1 rings (SSSR count). The van der Waals surface area contributed by atoms with Gasteiger partial charge in [0.1, 0.15) is 0 Å². The molecule has 0 radical (unpaired) electrons. The predicted octanol–water partition coefficient (Wildman–Crippen LogP) is 3.82. The van der Waals surface area contributed by atoms with Gasteiger partial charge in [0.2, 0.25) is 0 Å². The van der Waals surface area contributed by atoms with Gasteiger partial charge in [-0.2, -0.15) is 0 Å². The van der Waals surface area contributed by atoms with Crippen molar-refractivity contribution in [2.45, 2.75) is 95.9 Å². The number of carboxylic acids is 1. The molecule has 0 aromatic heterocycles. The van der Waals surface area contributed by atoms with Crippen LogP contribution in [0.3, 0.4) is 0 Å². The molecule has 0 aliphatic heterocycles. The van der Waals surface area contributed by atoms with Gasteiger partial charge < -0.3 is 20.4 Å². The molecule has 0 spiro atoms. The summed E-state index contributed by atoms with van der Waals surface area (Å²) >= 11 is 0. The summed E-state index contributed by atoms with van der Waals surface area (Å²) in [6.45, 7) is 2.13. The second-order valence-corrected chi connectivity index (χ2v) is 7.76. The zero-order chi connectivity index (χ0) is 20.1. The number of allylic oxidation sites excluding steroid dienone is 2. The van der Waals surface area contributed by atoms with Crippen LogP contribution in [0, 0.1) is 11.8 Å². The van der Waals surface area contributed by atoms with E-state index >= 15 is 0 Å². The number of aliphatic hydroxyl groups is 3. The van der Waals surface area contributed by atoms with Crippen LogP contribution in [-0.4, -0.2) is 44.7 Å². The van der Waals surface area contributed by atoms with Crippen LogP contribution in [0.25, 0.3) is 0 Å². The van der Waals surface area contributed by atoms with Gasteiger partial charge in [0.15, 0.2) is 0 Å². The van der Waals surface area contributed by atoms with Crippen LogP contribution in [0.1, 0.15) is 77.6 Å². The van der Waals surface area contributed by atoms with Gasteiger partial charge in [-0.3, -0.25) is 4.79 Å². The highest BCUT2D eigenvalue weighted by Crippen LogP contribution is 2.36. The van der Waals surface area contributed by atoms with Crippen molar-refractivity contribution in [2.24, 2.45) is 11.8 Å². The first-order valence-electron chi connectivity index (χ1n) is 10.5. The van der Waals surface area contributed by atoms with Gasteiger partial charge in [-0.15, -0.1) is 0 Å². The van der Waals surface area contributed by atoms with Gasteiger partial charge in [-0.25, -0.2) is 0 Å². The van der Waals surface area contributed by atoms with Gasteiger partial charge in [0.25, 0.3) is 0 Å². The SMILES string of the molecule is CCCCC[C@@H](O)/C=C/[C@@H]1[C@@H](C/C=C\CCCCCC(=O)O)[C@H](O)C[C@@H]1O. The predicted molar refractivity (Wildman–Crippen MR) is 107 cm³/mol. The lowest BCUT2D eigenvalue weighted by Gasteiger charge is -2.19. The van der Waals surface area contributed by atoms with Crippen LogP contribution in [0.15, 0.2) is 24.3 Å². The quantitative estimate of drug-likeness (QED) is 0.270. The smallest absolute Gasteiger partial charge is 0.303 e. The maximum absolute atomic E-state index is 10.5. The van der Waals surface area contributed by atoms with E-state index in [4.69, 9.17) is 5.11 Å². The average Bonchev–Trinajstić information content (AvgIpc) is 2.88. The van der Waals surface area contributed by atoms with Crippen molar-refractivity contribution < 1.29 is 25.2 Å². The largest absolute Gasteiger partial charge is 0.481 e. The molecule has 0 unspecified atom stereocenters. The summed E-state index contributed by atoms with van der Waals surface area (Å²) < 4.78 is 0. The van der Waals surface area contributed by atoms with Crippen molar-refractivity contribution in [3.63, 3.8) is 0 Å². The van der Waals surface area contributed by atoms with Gasteiger partial charge in [0.05, 0.1) is 18.3 Å².